The fourth-order valence-corrected chi connectivity index (χ4v) is 1.75. The summed E-state index contributed by atoms with van der Waals surface area (Å²) in [4.78, 5) is 22.0. The van der Waals surface area contributed by atoms with Crippen molar-refractivity contribution in [1.82, 2.24) is 20.0 Å². The van der Waals surface area contributed by atoms with Gasteiger partial charge in [-0.25, -0.2) is 0 Å². The molecule has 1 atom stereocenters. The summed E-state index contributed by atoms with van der Waals surface area (Å²) in [5, 5.41) is 3.87. The van der Waals surface area contributed by atoms with Gasteiger partial charge in [0.1, 0.15) is 5.69 Å². The summed E-state index contributed by atoms with van der Waals surface area (Å²) in [5.41, 5.74) is 6.19. The Hall–Kier alpha value is -2.28. The molecular formula is C14H19N5O2. The van der Waals surface area contributed by atoms with Gasteiger partial charge >= 0.3 is 0 Å². The van der Waals surface area contributed by atoms with E-state index in [1.807, 2.05) is 19.1 Å². The molecule has 0 bridgehead atoms. The molecule has 7 heteroatoms. The van der Waals surface area contributed by atoms with E-state index in [-0.39, 0.29) is 11.9 Å². The highest BCUT2D eigenvalue weighted by atomic mass is 16.5. The summed E-state index contributed by atoms with van der Waals surface area (Å²) >= 11 is 0. The van der Waals surface area contributed by atoms with Crippen LogP contribution in [0.25, 0.3) is 11.5 Å². The fraction of sp³-hybridized carbons (Fsp3) is 0.429. The first-order valence-electron chi connectivity index (χ1n) is 6.81. The maximum absolute atomic E-state index is 12.0. The maximum atomic E-state index is 12.0. The number of pyridine rings is 1. The van der Waals surface area contributed by atoms with Gasteiger partial charge in [-0.05, 0) is 19.1 Å². The second kappa shape index (κ2) is 6.94. The Morgan fingerprint density at radius 2 is 2.29 bits per heavy atom. The molecule has 0 aliphatic carbocycles. The van der Waals surface area contributed by atoms with Crippen molar-refractivity contribution in [2.45, 2.75) is 25.8 Å². The summed E-state index contributed by atoms with van der Waals surface area (Å²) in [6.07, 6.45) is 2.38. The summed E-state index contributed by atoms with van der Waals surface area (Å²) in [6, 6.07) is 5.49. The van der Waals surface area contributed by atoms with E-state index in [9.17, 15) is 4.79 Å². The van der Waals surface area contributed by atoms with Crippen molar-refractivity contribution in [3.63, 3.8) is 0 Å². The molecule has 0 aliphatic rings. The maximum Gasteiger partial charge on any atom is 0.227 e. The van der Waals surface area contributed by atoms with Crippen molar-refractivity contribution in [2.24, 2.45) is 5.73 Å². The summed E-state index contributed by atoms with van der Waals surface area (Å²) in [7, 11) is 1.74. The summed E-state index contributed by atoms with van der Waals surface area (Å²) in [5.74, 6) is 0.866. The van der Waals surface area contributed by atoms with Crippen LogP contribution in [0.5, 0.6) is 0 Å². The predicted molar refractivity (Wildman–Crippen MR) is 77.1 cm³/mol. The second-order valence-electron chi connectivity index (χ2n) is 4.82. The zero-order chi connectivity index (χ0) is 15.2. The molecule has 2 heterocycles. The first-order chi connectivity index (χ1) is 10.1. The number of hydrogen-bond donors (Lipinski definition) is 1. The Labute approximate surface area is 123 Å². The Bertz CT molecular complexity index is 584. The molecule has 0 fully saturated rings. The first-order valence-corrected chi connectivity index (χ1v) is 6.81. The van der Waals surface area contributed by atoms with Gasteiger partial charge in [0.15, 0.2) is 0 Å². The van der Waals surface area contributed by atoms with Gasteiger partial charge in [-0.1, -0.05) is 11.2 Å². The van der Waals surface area contributed by atoms with Crippen LogP contribution in [0.3, 0.4) is 0 Å². The van der Waals surface area contributed by atoms with Crippen molar-refractivity contribution >= 4 is 5.91 Å². The third-order valence-electron chi connectivity index (χ3n) is 3.31. The van der Waals surface area contributed by atoms with E-state index in [1.165, 1.54) is 0 Å². The highest BCUT2D eigenvalue weighted by molar-refractivity contribution is 5.76. The van der Waals surface area contributed by atoms with Gasteiger partial charge < -0.3 is 15.2 Å². The molecule has 21 heavy (non-hydrogen) atoms. The van der Waals surface area contributed by atoms with Crippen molar-refractivity contribution in [2.75, 3.05) is 13.6 Å². The van der Waals surface area contributed by atoms with Gasteiger partial charge in [0, 0.05) is 38.7 Å². The molecule has 2 aromatic rings. The highest BCUT2D eigenvalue weighted by Crippen LogP contribution is 2.13. The van der Waals surface area contributed by atoms with E-state index < -0.39 is 0 Å². The molecule has 0 aliphatic heterocycles. The predicted octanol–water partition coefficient (Wildman–Crippen LogP) is 0.870. The summed E-state index contributed by atoms with van der Waals surface area (Å²) < 4.78 is 5.14. The summed E-state index contributed by atoms with van der Waals surface area (Å²) in [6.45, 7) is 2.34. The van der Waals surface area contributed by atoms with E-state index in [1.54, 1.807) is 24.2 Å². The number of carbonyl (C=O) groups excluding carboxylic acids is 1. The van der Waals surface area contributed by atoms with Crippen LogP contribution >= 0.6 is 0 Å². The van der Waals surface area contributed by atoms with E-state index in [0.29, 0.717) is 36.8 Å². The van der Waals surface area contributed by atoms with Crippen molar-refractivity contribution in [1.29, 1.82) is 0 Å². The van der Waals surface area contributed by atoms with Crippen molar-refractivity contribution in [3.05, 3.63) is 30.3 Å². The van der Waals surface area contributed by atoms with Crippen LogP contribution in [0.2, 0.25) is 0 Å². The third kappa shape index (κ3) is 3.85. The quantitative estimate of drug-likeness (QED) is 0.847. The van der Waals surface area contributed by atoms with Crippen LogP contribution in [0, 0.1) is 0 Å². The number of nitrogens with two attached hydrogens (primary N) is 1. The Balaban J connectivity index is 1.93. The lowest BCUT2D eigenvalue weighted by molar-refractivity contribution is -0.131. The topological polar surface area (TPSA) is 98.1 Å². The Morgan fingerprint density at radius 3 is 2.95 bits per heavy atom. The number of rotatable bonds is 6. The number of likely N-dealkylation sites (N-methyl/N-ethyl adjacent to an activating group) is 1. The van der Waals surface area contributed by atoms with Gasteiger partial charge in [0.05, 0.1) is 0 Å². The van der Waals surface area contributed by atoms with Gasteiger partial charge in [-0.15, -0.1) is 0 Å². The average Bonchev–Trinajstić information content (AvgIpc) is 3.01. The van der Waals surface area contributed by atoms with Crippen LogP contribution in [0.4, 0.5) is 0 Å². The zero-order valence-electron chi connectivity index (χ0n) is 12.2. The lowest BCUT2D eigenvalue weighted by atomic mass is 10.2. The van der Waals surface area contributed by atoms with E-state index in [0.717, 1.165) is 0 Å². The van der Waals surface area contributed by atoms with E-state index in [2.05, 4.69) is 15.1 Å². The molecule has 0 aromatic carbocycles. The Morgan fingerprint density at radius 1 is 1.48 bits per heavy atom. The molecule has 0 radical (unpaired) electrons. The van der Waals surface area contributed by atoms with Crippen LogP contribution in [-0.2, 0) is 11.2 Å². The SMILES string of the molecule is CC(CN)N(C)C(=O)CCc1nc(-c2ccccn2)no1. The molecule has 2 N–H and O–H groups in total. The molecule has 1 amide bonds. The first kappa shape index (κ1) is 15.1. The fourth-order valence-electron chi connectivity index (χ4n) is 1.75. The highest BCUT2D eigenvalue weighted by Gasteiger charge is 2.16. The van der Waals surface area contributed by atoms with Gasteiger partial charge in [0.2, 0.25) is 17.6 Å². The number of hydrogen-bond acceptors (Lipinski definition) is 6. The van der Waals surface area contributed by atoms with Crippen LogP contribution in [0.15, 0.2) is 28.9 Å². The van der Waals surface area contributed by atoms with Crippen LogP contribution < -0.4 is 5.73 Å². The minimum atomic E-state index is 0.00513. The number of carbonyl (C=O) groups is 1. The minimum absolute atomic E-state index is 0.00513. The van der Waals surface area contributed by atoms with Gasteiger partial charge in [-0.2, -0.15) is 4.98 Å². The second-order valence-corrected chi connectivity index (χ2v) is 4.82. The van der Waals surface area contributed by atoms with E-state index >= 15 is 0 Å². The molecule has 2 aromatic heterocycles. The molecule has 2 rings (SSSR count). The Kier molecular flexibility index (Phi) is 4.99. The number of aromatic nitrogens is 3. The number of amides is 1. The molecule has 0 spiro atoms. The lowest BCUT2D eigenvalue weighted by Gasteiger charge is -2.23. The molecule has 112 valence electrons. The van der Waals surface area contributed by atoms with Crippen LogP contribution in [-0.4, -0.2) is 45.6 Å². The lowest BCUT2D eigenvalue weighted by Crippen LogP contribution is -2.39. The smallest absolute Gasteiger partial charge is 0.227 e. The molecule has 0 saturated carbocycles. The van der Waals surface area contributed by atoms with Crippen molar-refractivity contribution in [3.8, 4) is 11.5 Å². The molecular weight excluding hydrogens is 270 g/mol. The van der Waals surface area contributed by atoms with Gasteiger partial charge in [0.25, 0.3) is 0 Å². The zero-order valence-corrected chi connectivity index (χ0v) is 12.2. The largest absolute Gasteiger partial charge is 0.342 e. The van der Waals surface area contributed by atoms with Crippen LogP contribution in [0.1, 0.15) is 19.2 Å². The number of nitrogens with zero attached hydrogens (tertiary/aromatic N) is 4. The number of aryl methyl sites for hydroxylation is 1. The van der Waals surface area contributed by atoms with Gasteiger partial charge in [-0.3, -0.25) is 9.78 Å². The standard InChI is InChI=1S/C14H19N5O2/c1-10(9-15)19(2)13(20)7-6-12-17-14(18-21-12)11-5-3-4-8-16-11/h3-5,8,10H,6-7,9,15H2,1-2H3. The normalized spacial score (nSPS) is 12.1. The minimum Gasteiger partial charge on any atom is -0.342 e. The molecule has 0 saturated heterocycles. The third-order valence-corrected chi connectivity index (χ3v) is 3.31. The monoisotopic (exact) mass is 289 g/mol. The average molecular weight is 289 g/mol. The molecule has 1 unspecified atom stereocenters. The van der Waals surface area contributed by atoms with Crippen molar-refractivity contribution < 1.29 is 9.32 Å². The molecule has 7 nitrogen and oxygen atoms in total. The van der Waals surface area contributed by atoms with E-state index in [4.69, 9.17) is 10.3 Å².